The lowest BCUT2D eigenvalue weighted by atomic mass is 10.4. The van der Waals surface area contributed by atoms with Crippen LogP contribution in [0.4, 0.5) is 5.95 Å². The Balaban J connectivity index is 2.05. The summed E-state index contributed by atoms with van der Waals surface area (Å²) in [6.45, 7) is 4.21. The molecule has 20 heavy (non-hydrogen) atoms. The van der Waals surface area contributed by atoms with E-state index in [4.69, 9.17) is 9.47 Å². The summed E-state index contributed by atoms with van der Waals surface area (Å²) in [6, 6.07) is 1.93. The van der Waals surface area contributed by atoms with Gasteiger partial charge in [0.2, 0.25) is 0 Å². The number of nitrogens with one attached hydrogen (secondary N) is 1. The Bertz CT molecular complexity index is 550. The summed E-state index contributed by atoms with van der Waals surface area (Å²) in [5, 5.41) is 23.0. The number of methoxy groups -OCH3 is 2. The smallest absolute Gasteiger partial charge is 0.289 e. The first-order valence-electron chi connectivity index (χ1n) is 6.04. The average molecular weight is 279 g/mol. The number of ether oxygens (including phenoxy) is 2. The lowest BCUT2D eigenvalue weighted by Crippen LogP contribution is -2.25. The van der Waals surface area contributed by atoms with Gasteiger partial charge in [-0.2, -0.15) is 5.10 Å². The van der Waals surface area contributed by atoms with E-state index < -0.39 is 0 Å². The van der Waals surface area contributed by atoms with Crippen molar-refractivity contribution < 1.29 is 9.47 Å². The molecular formula is C11H17N7O2. The molecule has 0 fully saturated rings. The van der Waals surface area contributed by atoms with Crippen LogP contribution in [0.2, 0.25) is 0 Å². The Hall–Kier alpha value is -2.13. The fourth-order valence-corrected chi connectivity index (χ4v) is 1.65. The number of nitrogens with zero attached hydrogens (tertiary/aromatic N) is 6. The van der Waals surface area contributed by atoms with E-state index in [1.54, 1.807) is 18.9 Å². The highest BCUT2D eigenvalue weighted by Crippen LogP contribution is 2.06. The van der Waals surface area contributed by atoms with Crippen LogP contribution >= 0.6 is 0 Å². The summed E-state index contributed by atoms with van der Waals surface area (Å²) in [6.07, 6.45) is -0.380. The maximum absolute atomic E-state index is 5.04. The Kier molecular flexibility index (Phi) is 4.53. The van der Waals surface area contributed by atoms with Crippen molar-refractivity contribution in [3.8, 4) is 5.95 Å². The quantitative estimate of drug-likeness (QED) is 0.743. The molecule has 2 aromatic rings. The predicted octanol–water partition coefficient (Wildman–Crippen LogP) is 0.0999. The molecule has 0 amide bonds. The fourth-order valence-electron chi connectivity index (χ4n) is 1.65. The standard InChI is InChI=1S/C11H17N7O2/c1-7-5-8(2)18(17-7)11-15-13-10(14-16-11)12-6-9(19-3)20-4/h5,9H,6H2,1-4H3,(H,12,13,14). The van der Waals surface area contributed by atoms with Gasteiger partial charge in [0.1, 0.15) is 0 Å². The van der Waals surface area contributed by atoms with E-state index >= 15 is 0 Å². The molecule has 0 saturated carbocycles. The van der Waals surface area contributed by atoms with Gasteiger partial charge in [0, 0.05) is 19.9 Å². The second kappa shape index (κ2) is 6.35. The topological polar surface area (TPSA) is 99.9 Å². The molecule has 0 saturated heterocycles. The zero-order valence-electron chi connectivity index (χ0n) is 11.9. The Morgan fingerprint density at radius 3 is 2.30 bits per heavy atom. The van der Waals surface area contributed by atoms with Crippen LogP contribution in [0.25, 0.3) is 5.95 Å². The van der Waals surface area contributed by atoms with E-state index in [1.165, 1.54) is 0 Å². The second-order valence-electron chi connectivity index (χ2n) is 4.14. The van der Waals surface area contributed by atoms with Crippen molar-refractivity contribution in [3.63, 3.8) is 0 Å². The highest BCUT2D eigenvalue weighted by molar-refractivity contribution is 5.22. The van der Waals surface area contributed by atoms with Crippen LogP contribution in [0.1, 0.15) is 11.4 Å². The normalized spacial score (nSPS) is 11.1. The summed E-state index contributed by atoms with van der Waals surface area (Å²) in [4.78, 5) is 0. The van der Waals surface area contributed by atoms with Crippen LogP contribution in [-0.2, 0) is 9.47 Å². The predicted molar refractivity (Wildman–Crippen MR) is 70.5 cm³/mol. The Morgan fingerprint density at radius 2 is 1.80 bits per heavy atom. The first-order chi connectivity index (χ1) is 9.63. The average Bonchev–Trinajstić information content (AvgIpc) is 2.79. The molecule has 0 radical (unpaired) electrons. The molecule has 0 unspecified atom stereocenters. The van der Waals surface area contributed by atoms with Crippen LogP contribution < -0.4 is 5.32 Å². The van der Waals surface area contributed by atoms with Crippen LogP contribution in [0.15, 0.2) is 6.07 Å². The summed E-state index contributed by atoms with van der Waals surface area (Å²) in [7, 11) is 3.11. The molecular weight excluding hydrogens is 262 g/mol. The molecule has 0 atom stereocenters. The largest absolute Gasteiger partial charge is 0.354 e. The molecule has 0 aliphatic heterocycles. The number of aryl methyl sites for hydroxylation is 2. The molecule has 2 rings (SSSR count). The third-order valence-electron chi connectivity index (χ3n) is 2.62. The van der Waals surface area contributed by atoms with Crippen LogP contribution in [0.5, 0.6) is 0 Å². The molecule has 2 aromatic heterocycles. The molecule has 0 aliphatic carbocycles. The SMILES string of the molecule is COC(CNc1nnc(-n2nc(C)cc2C)nn1)OC. The third-order valence-corrected chi connectivity index (χ3v) is 2.62. The lowest BCUT2D eigenvalue weighted by molar-refractivity contribution is -0.0915. The third kappa shape index (κ3) is 3.25. The molecule has 0 spiro atoms. The molecule has 108 valence electrons. The Morgan fingerprint density at radius 1 is 1.15 bits per heavy atom. The van der Waals surface area contributed by atoms with Gasteiger partial charge in [-0.15, -0.1) is 20.4 Å². The van der Waals surface area contributed by atoms with Gasteiger partial charge in [-0.3, -0.25) is 0 Å². The number of hydrogen-bond donors (Lipinski definition) is 1. The monoisotopic (exact) mass is 279 g/mol. The van der Waals surface area contributed by atoms with Gasteiger partial charge in [-0.1, -0.05) is 0 Å². The van der Waals surface area contributed by atoms with Crippen molar-refractivity contribution in [2.75, 3.05) is 26.1 Å². The van der Waals surface area contributed by atoms with E-state index in [9.17, 15) is 0 Å². The summed E-state index contributed by atoms with van der Waals surface area (Å²) >= 11 is 0. The van der Waals surface area contributed by atoms with E-state index in [0.29, 0.717) is 18.4 Å². The minimum Gasteiger partial charge on any atom is -0.354 e. The lowest BCUT2D eigenvalue weighted by Gasteiger charge is -2.13. The molecule has 9 heteroatoms. The van der Waals surface area contributed by atoms with Gasteiger partial charge < -0.3 is 14.8 Å². The molecule has 0 aliphatic rings. The van der Waals surface area contributed by atoms with Gasteiger partial charge in [0.15, 0.2) is 6.29 Å². The van der Waals surface area contributed by atoms with Gasteiger partial charge >= 0.3 is 0 Å². The summed E-state index contributed by atoms with van der Waals surface area (Å²) in [5.74, 6) is 0.630. The maximum atomic E-state index is 5.04. The van der Waals surface area contributed by atoms with Gasteiger partial charge in [-0.05, 0) is 19.9 Å². The van der Waals surface area contributed by atoms with Crippen LogP contribution in [0, 0.1) is 13.8 Å². The second-order valence-corrected chi connectivity index (χ2v) is 4.14. The highest BCUT2D eigenvalue weighted by Gasteiger charge is 2.09. The van der Waals surface area contributed by atoms with Gasteiger partial charge in [-0.25, -0.2) is 4.68 Å². The van der Waals surface area contributed by atoms with Crippen LogP contribution in [-0.4, -0.2) is 57.2 Å². The Labute approximate surface area is 116 Å². The summed E-state index contributed by atoms with van der Waals surface area (Å²) in [5.41, 5.74) is 1.81. The van der Waals surface area contributed by atoms with Crippen LogP contribution in [0.3, 0.4) is 0 Å². The highest BCUT2D eigenvalue weighted by atomic mass is 16.7. The van der Waals surface area contributed by atoms with Crippen molar-refractivity contribution in [1.29, 1.82) is 0 Å². The van der Waals surface area contributed by atoms with Gasteiger partial charge in [0.05, 0.1) is 12.2 Å². The molecule has 0 bridgehead atoms. The summed E-state index contributed by atoms with van der Waals surface area (Å²) < 4.78 is 11.7. The van der Waals surface area contributed by atoms with E-state index in [0.717, 1.165) is 11.4 Å². The zero-order valence-corrected chi connectivity index (χ0v) is 11.9. The van der Waals surface area contributed by atoms with E-state index in [-0.39, 0.29) is 6.29 Å². The van der Waals surface area contributed by atoms with Crippen molar-refractivity contribution in [2.24, 2.45) is 0 Å². The fraction of sp³-hybridized carbons (Fsp3) is 0.545. The van der Waals surface area contributed by atoms with Crippen molar-refractivity contribution in [3.05, 3.63) is 17.5 Å². The van der Waals surface area contributed by atoms with Gasteiger partial charge in [0.25, 0.3) is 11.9 Å². The minimum atomic E-state index is -0.380. The molecule has 1 N–H and O–H groups in total. The maximum Gasteiger partial charge on any atom is 0.289 e. The van der Waals surface area contributed by atoms with Crippen molar-refractivity contribution >= 4 is 5.95 Å². The zero-order chi connectivity index (χ0) is 14.5. The molecule has 2 heterocycles. The van der Waals surface area contributed by atoms with Crippen molar-refractivity contribution in [1.82, 2.24) is 30.2 Å². The number of rotatable bonds is 6. The number of hydrogen-bond acceptors (Lipinski definition) is 8. The minimum absolute atomic E-state index is 0.300. The molecule has 9 nitrogen and oxygen atoms in total. The van der Waals surface area contributed by atoms with Crippen molar-refractivity contribution in [2.45, 2.75) is 20.1 Å². The molecule has 0 aromatic carbocycles. The van der Waals surface area contributed by atoms with E-state index in [1.807, 2.05) is 19.9 Å². The van der Waals surface area contributed by atoms with E-state index in [2.05, 4.69) is 30.8 Å². The number of aromatic nitrogens is 6. The first kappa shape index (κ1) is 14.3. The first-order valence-corrected chi connectivity index (χ1v) is 6.04. The number of anilines is 1.